The third-order valence-corrected chi connectivity index (χ3v) is 2.92. The van der Waals surface area contributed by atoms with Gasteiger partial charge >= 0.3 is 0 Å². The van der Waals surface area contributed by atoms with Gasteiger partial charge in [0.1, 0.15) is 0 Å². The SMILES string of the molecule is CCN(CC)CCNC(=O)CC(N)C(C)C. The smallest absolute Gasteiger partial charge is 0.221 e. The van der Waals surface area contributed by atoms with Gasteiger partial charge in [0.25, 0.3) is 0 Å². The van der Waals surface area contributed by atoms with Gasteiger partial charge in [0.15, 0.2) is 0 Å². The van der Waals surface area contributed by atoms with E-state index in [1.54, 1.807) is 0 Å². The number of rotatable bonds is 8. The second kappa shape index (κ2) is 8.53. The molecule has 0 radical (unpaired) electrons. The molecule has 3 N–H and O–H groups in total. The molecule has 0 heterocycles. The van der Waals surface area contributed by atoms with Crippen molar-refractivity contribution in [3.63, 3.8) is 0 Å². The number of nitrogens with two attached hydrogens (primary N) is 1. The molecule has 0 aliphatic carbocycles. The van der Waals surface area contributed by atoms with E-state index in [1.165, 1.54) is 0 Å². The number of nitrogens with zero attached hydrogens (tertiary/aromatic N) is 1. The van der Waals surface area contributed by atoms with Gasteiger partial charge in [0, 0.05) is 25.6 Å². The Kier molecular flexibility index (Phi) is 8.21. The van der Waals surface area contributed by atoms with Crippen molar-refractivity contribution in [1.82, 2.24) is 10.2 Å². The monoisotopic (exact) mass is 229 g/mol. The fraction of sp³-hybridized carbons (Fsp3) is 0.917. The minimum Gasteiger partial charge on any atom is -0.355 e. The highest BCUT2D eigenvalue weighted by Crippen LogP contribution is 2.01. The zero-order valence-corrected chi connectivity index (χ0v) is 11.1. The Balaban J connectivity index is 3.65. The Bertz CT molecular complexity index is 191. The normalized spacial score (nSPS) is 13.2. The van der Waals surface area contributed by atoms with Crippen molar-refractivity contribution in [2.75, 3.05) is 26.2 Å². The zero-order valence-electron chi connectivity index (χ0n) is 11.1. The third-order valence-electron chi connectivity index (χ3n) is 2.92. The number of likely N-dealkylation sites (N-methyl/N-ethyl adjacent to an activating group) is 1. The van der Waals surface area contributed by atoms with Gasteiger partial charge in [-0.1, -0.05) is 27.7 Å². The molecule has 0 spiro atoms. The van der Waals surface area contributed by atoms with Crippen molar-refractivity contribution in [3.05, 3.63) is 0 Å². The van der Waals surface area contributed by atoms with E-state index < -0.39 is 0 Å². The van der Waals surface area contributed by atoms with Gasteiger partial charge in [0.2, 0.25) is 5.91 Å². The maximum atomic E-state index is 11.5. The Morgan fingerprint density at radius 1 is 1.31 bits per heavy atom. The molecule has 0 bridgehead atoms. The van der Waals surface area contributed by atoms with Crippen LogP contribution in [0.15, 0.2) is 0 Å². The second-order valence-corrected chi connectivity index (χ2v) is 4.49. The van der Waals surface area contributed by atoms with Crippen LogP contribution in [0.2, 0.25) is 0 Å². The van der Waals surface area contributed by atoms with Gasteiger partial charge in [-0.25, -0.2) is 0 Å². The number of carbonyl (C=O) groups excluding carboxylic acids is 1. The highest BCUT2D eigenvalue weighted by atomic mass is 16.1. The Morgan fingerprint density at radius 2 is 1.88 bits per heavy atom. The average Bonchev–Trinajstić information content (AvgIpc) is 2.24. The van der Waals surface area contributed by atoms with E-state index in [9.17, 15) is 4.79 Å². The number of hydrogen-bond acceptors (Lipinski definition) is 3. The average molecular weight is 229 g/mol. The van der Waals surface area contributed by atoms with Crippen LogP contribution in [0.4, 0.5) is 0 Å². The van der Waals surface area contributed by atoms with E-state index in [4.69, 9.17) is 5.73 Å². The first kappa shape index (κ1) is 15.4. The minimum absolute atomic E-state index is 0.0338. The largest absolute Gasteiger partial charge is 0.355 e. The van der Waals surface area contributed by atoms with Crippen molar-refractivity contribution in [2.45, 2.75) is 40.2 Å². The first-order chi connectivity index (χ1) is 7.51. The lowest BCUT2D eigenvalue weighted by Gasteiger charge is -2.19. The maximum absolute atomic E-state index is 11.5. The van der Waals surface area contributed by atoms with Crippen molar-refractivity contribution < 1.29 is 4.79 Å². The fourth-order valence-electron chi connectivity index (χ4n) is 1.42. The van der Waals surface area contributed by atoms with Gasteiger partial charge in [-0.3, -0.25) is 4.79 Å². The summed E-state index contributed by atoms with van der Waals surface area (Å²) >= 11 is 0. The summed E-state index contributed by atoms with van der Waals surface area (Å²) in [7, 11) is 0. The van der Waals surface area contributed by atoms with E-state index >= 15 is 0 Å². The third kappa shape index (κ3) is 6.80. The molecule has 0 aliphatic heterocycles. The van der Waals surface area contributed by atoms with Gasteiger partial charge in [-0.15, -0.1) is 0 Å². The summed E-state index contributed by atoms with van der Waals surface area (Å²) in [6.45, 7) is 12.0. The molecule has 1 atom stereocenters. The molecule has 1 amide bonds. The zero-order chi connectivity index (χ0) is 12.6. The van der Waals surface area contributed by atoms with E-state index in [0.29, 0.717) is 18.9 Å². The molecule has 0 rings (SSSR count). The van der Waals surface area contributed by atoms with E-state index in [1.807, 2.05) is 13.8 Å². The van der Waals surface area contributed by atoms with E-state index in [2.05, 4.69) is 24.1 Å². The Morgan fingerprint density at radius 3 is 2.31 bits per heavy atom. The fourth-order valence-corrected chi connectivity index (χ4v) is 1.42. The molecule has 0 fully saturated rings. The summed E-state index contributed by atoms with van der Waals surface area (Å²) in [4.78, 5) is 13.8. The standard InChI is InChI=1S/C12H27N3O/c1-5-15(6-2)8-7-14-12(16)9-11(13)10(3)4/h10-11H,5-9,13H2,1-4H3,(H,14,16). The number of carbonyl (C=O) groups is 1. The summed E-state index contributed by atoms with van der Waals surface area (Å²) in [6.07, 6.45) is 0.427. The molecule has 4 nitrogen and oxygen atoms in total. The summed E-state index contributed by atoms with van der Waals surface area (Å²) < 4.78 is 0. The van der Waals surface area contributed by atoms with Crippen LogP contribution >= 0.6 is 0 Å². The van der Waals surface area contributed by atoms with Crippen LogP contribution in [0.25, 0.3) is 0 Å². The van der Waals surface area contributed by atoms with Gasteiger partial charge in [-0.2, -0.15) is 0 Å². The molecule has 0 saturated heterocycles. The summed E-state index contributed by atoms with van der Waals surface area (Å²) in [5.41, 5.74) is 5.83. The Hall–Kier alpha value is -0.610. The lowest BCUT2D eigenvalue weighted by atomic mass is 10.0. The highest BCUT2D eigenvalue weighted by molar-refractivity contribution is 5.76. The van der Waals surface area contributed by atoms with Gasteiger partial charge in [0.05, 0.1) is 0 Å². The highest BCUT2D eigenvalue weighted by Gasteiger charge is 2.12. The molecule has 96 valence electrons. The molecule has 0 aliphatic rings. The predicted molar refractivity (Wildman–Crippen MR) is 68.2 cm³/mol. The minimum atomic E-state index is -0.0338. The Labute approximate surface area is 99.6 Å². The molecule has 0 aromatic rings. The maximum Gasteiger partial charge on any atom is 0.221 e. The molecular weight excluding hydrogens is 202 g/mol. The summed E-state index contributed by atoms with van der Waals surface area (Å²) in [6, 6.07) is -0.0338. The molecule has 0 saturated carbocycles. The van der Waals surface area contributed by atoms with Crippen LogP contribution in [0.5, 0.6) is 0 Å². The number of hydrogen-bond donors (Lipinski definition) is 2. The van der Waals surface area contributed by atoms with Crippen molar-refractivity contribution >= 4 is 5.91 Å². The second-order valence-electron chi connectivity index (χ2n) is 4.49. The topological polar surface area (TPSA) is 58.4 Å². The quantitative estimate of drug-likeness (QED) is 0.648. The van der Waals surface area contributed by atoms with Crippen molar-refractivity contribution in [3.8, 4) is 0 Å². The van der Waals surface area contributed by atoms with Crippen molar-refractivity contribution in [2.24, 2.45) is 11.7 Å². The molecule has 0 aromatic heterocycles. The van der Waals surface area contributed by atoms with E-state index in [-0.39, 0.29) is 11.9 Å². The van der Waals surface area contributed by atoms with Crippen molar-refractivity contribution in [1.29, 1.82) is 0 Å². The van der Waals surface area contributed by atoms with Crippen LogP contribution in [0, 0.1) is 5.92 Å². The van der Waals surface area contributed by atoms with Gasteiger partial charge in [-0.05, 0) is 19.0 Å². The molecule has 0 aromatic carbocycles. The first-order valence-electron chi connectivity index (χ1n) is 6.25. The lowest BCUT2D eigenvalue weighted by molar-refractivity contribution is -0.121. The van der Waals surface area contributed by atoms with Crippen LogP contribution in [-0.4, -0.2) is 43.0 Å². The summed E-state index contributed by atoms with van der Waals surface area (Å²) in [5.74, 6) is 0.418. The lowest BCUT2D eigenvalue weighted by Crippen LogP contribution is -2.38. The van der Waals surface area contributed by atoms with Crippen LogP contribution < -0.4 is 11.1 Å². The van der Waals surface area contributed by atoms with E-state index in [0.717, 1.165) is 19.6 Å². The molecular formula is C12H27N3O. The summed E-state index contributed by atoms with van der Waals surface area (Å²) in [5, 5.41) is 2.91. The van der Waals surface area contributed by atoms with Crippen LogP contribution in [0.3, 0.4) is 0 Å². The van der Waals surface area contributed by atoms with Crippen LogP contribution in [0.1, 0.15) is 34.1 Å². The molecule has 1 unspecified atom stereocenters. The number of nitrogens with one attached hydrogen (secondary N) is 1. The number of amides is 1. The molecule has 4 heteroatoms. The molecule has 16 heavy (non-hydrogen) atoms. The van der Waals surface area contributed by atoms with Gasteiger partial charge < -0.3 is 16.0 Å². The van der Waals surface area contributed by atoms with Crippen LogP contribution in [-0.2, 0) is 4.79 Å². The first-order valence-corrected chi connectivity index (χ1v) is 6.25. The predicted octanol–water partition coefficient (Wildman–Crippen LogP) is 0.818.